The largest absolute Gasteiger partial charge is 0.349 e. The Labute approximate surface area is 172 Å². The van der Waals surface area contributed by atoms with Gasteiger partial charge in [0.15, 0.2) is 0 Å². The van der Waals surface area contributed by atoms with E-state index in [9.17, 15) is 9.59 Å². The summed E-state index contributed by atoms with van der Waals surface area (Å²) in [4.78, 5) is 27.2. The maximum Gasteiger partial charge on any atom is 0.251 e. The molecule has 152 valence electrons. The van der Waals surface area contributed by atoms with Crippen molar-refractivity contribution in [3.63, 3.8) is 0 Å². The number of anilines is 1. The van der Waals surface area contributed by atoms with Crippen LogP contribution in [-0.4, -0.2) is 41.9 Å². The van der Waals surface area contributed by atoms with Gasteiger partial charge in [0.25, 0.3) is 5.91 Å². The third kappa shape index (κ3) is 5.67. The fraction of sp³-hybridized carbons (Fsp3) is 0.417. The van der Waals surface area contributed by atoms with E-state index < -0.39 is 0 Å². The standard InChI is InChI=1S/C24H29N3O2/c28-23(25-21-10-6-9-19(16-21)24(29)26-20-12-13-20)17-27-14-5-4-11-22(27)15-18-7-2-1-3-8-18/h1-3,6-10,16,20,22H,4-5,11-15,17H2,(H,25,28)(H,26,29). The topological polar surface area (TPSA) is 61.4 Å². The first-order valence-electron chi connectivity index (χ1n) is 10.7. The molecular weight excluding hydrogens is 362 g/mol. The van der Waals surface area contributed by atoms with Crippen molar-refractivity contribution < 1.29 is 9.59 Å². The minimum absolute atomic E-state index is 0.0234. The zero-order valence-corrected chi connectivity index (χ0v) is 16.8. The van der Waals surface area contributed by atoms with Crippen molar-refractivity contribution in [2.24, 2.45) is 0 Å². The molecule has 1 aliphatic heterocycles. The van der Waals surface area contributed by atoms with Crippen LogP contribution in [0, 0.1) is 0 Å². The number of piperidine rings is 1. The molecular formula is C24H29N3O2. The van der Waals surface area contributed by atoms with E-state index >= 15 is 0 Å². The third-order valence-corrected chi connectivity index (χ3v) is 5.73. The van der Waals surface area contributed by atoms with E-state index in [0.717, 1.165) is 38.6 Å². The van der Waals surface area contributed by atoms with Crippen LogP contribution < -0.4 is 10.6 Å². The Hall–Kier alpha value is -2.66. The van der Waals surface area contributed by atoms with E-state index in [-0.39, 0.29) is 11.8 Å². The molecule has 1 atom stereocenters. The smallest absolute Gasteiger partial charge is 0.251 e. The lowest BCUT2D eigenvalue weighted by Gasteiger charge is -2.35. The Kier molecular flexibility index (Phi) is 6.25. The molecule has 29 heavy (non-hydrogen) atoms. The summed E-state index contributed by atoms with van der Waals surface area (Å²) in [5, 5.41) is 5.96. The fourth-order valence-electron chi connectivity index (χ4n) is 4.01. The summed E-state index contributed by atoms with van der Waals surface area (Å²) in [6.45, 7) is 1.34. The van der Waals surface area contributed by atoms with Gasteiger partial charge in [0.1, 0.15) is 0 Å². The molecule has 2 fully saturated rings. The number of likely N-dealkylation sites (tertiary alicyclic amines) is 1. The summed E-state index contributed by atoms with van der Waals surface area (Å²) in [7, 11) is 0. The van der Waals surface area contributed by atoms with Gasteiger partial charge in [0, 0.05) is 23.3 Å². The molecule has 5 heteroatoms. The number of hydrogen-bond donors (Lipinski definition) is 2. The van der Waals surface area contributed by atoms with Crippen LogP contribution in [0.3, 0.4) is 0 Å². The molecule has 2 aliphatic rings. The van der Waals surface area contributed by atoms with E-state index in [0.29, 0.717) is 29.9 Å². The zero-order valence-electron chi connectivity index (χ0n) is 16.8. The highest BCUT2D eigenvalue weighted by atomic mass is 16.2. The zero-order chi connectivity index (χ0) is 20.1. The second-order valence-electron chi connectivity index (χ2n) is 8.19. The van der Waals surface area contributed by atoms with E-state index in [1.807, 2.05) is 18.2 Å². The molecule has 2 aromatic carbocycles. The van der Waals surface area contributed by atoms with Crippen molar-refractivity contribution >= 4 is 17.5 Å². The van der Waals surface area contributed by atoms with Crippen LogP contribution in [0.5, 0.6) is 0 Å². The fourth-order valence-corrected chi connectivity index (χ4v) is 4.01. The number of carbonyl (C=O) groups is 2. The highest BCUT2D eigenvalue weighted by Crippen LogP contribution is 2.22. The number of rotatable bonds is 7. The highest BCUT2D eigenvalue weighted by molar-refractivity contribution is 5.97. The summed E-state index contributed by atoms with van der Waals surface area (Å²) < 4.78 is 0. The normalized spacial score (nSPS) is 19.5. The Bertz CT molecular complexity index is 848. The van der Waals surface area contributed by atoms with E-state index in [1.54, 1.807) is 12.1 Å². The van der Waals surface area contributed by atoms with Gasteiger partial charge in [-0.3, -0.25) is 14.5 Å². The summed E-state index contributed by atoms with van der Waals surface area (Å²) in [6, 6.07) is 18.4. The van der Waals surface area contributed by atoms with Gasteiger partial charge in [-0.25, -0.2) is 0 Å². The van der Waals surface area contributed by atoms with Crippen molar-refractivity contribution in [2.75, 3.05) is 18.4 Å². The van der Waals surface area contributed by atoms with Gasteiger partial charge >= 0.3 is 0 Å². The number of amides is 2. The number of hydrogen-bond acceptors (Lipinski definition) is 3. The summed E-state index contributed by atoms with van der Waals surface area (Å²) >= 11 is 0. The highest BCUT2D eigenvalue weighted by Gasteiger charge is 2.25. The van der Waals surface area contributed by atoms with Gasteiger partial charge in [0.05, 0.1) is 6.54 Å². The molecule has 5 nitrogen and oxygen atoms in total. The minimum Gasteiger partial charge on any atom is -0.349 e. The Morgan fingerprint density at radius 3 is 2.59 bits per heavy atom. The van der Waals surface area contributed by atoms with Crippen molar-refractivity contribution in [3.8, 4) is 0 Å². The monoisotopic (exact) mass is 391 g/mol. The van der Waals surface area contributed by atoms with Crippen LogP contribution in [0.2, 0.25) is 0 Å². The Balaban J connectivity index is 1.34. The maximum atomic E-state index is 12.7. The molecule has 1 saturated carbocycles. The molecule has 2 amide bonds. The lowest BCUT2D eigenvalue weighted by molar-refractivity contribution is -0.118. The van der Waals surface area contributed by atoms with Crippen LogP contribution in [0.1, 0.15) is 48.0 Å². The van der Waals surface area contributed by atoms with Gasteiger partial charge in [0.2, 0.25) is 5.91 Å². The first-order chi connectivity index (χ1) is 14.2. The van der Waals surface area contributed by atoms with Crippen molar-refractivity contribution in [1.29, 1.82) is 0 Å². The molecule has 2 N–H and O–H groups in total. The van der Waals surface area contributed by atoms with Crippen LogP contribution in [0.15, 0.2) is 54.6 Å². The van der Waals surface area contributed by atoms with E-state index in [4.69, 9.17) is 0 Å². The second kappa shape index (κ2) is 9.23. The van der Waals surface area contributed by atoms with E-state index in [2.05, 4.69) is 39.8 Å². The molecule has 4 rings (SSSR count). The lowest BCUT2D eigenvalue weighted by atomic mass is 9.95. The van der Waals surface area contributed by atoms with Crippen LogP contribution in [0.25, 0.3) is 0 Å². The van der Waals surface area contributed by atoms with E-state index in [1.165, 1.54) is 12.0 Å². The van der Waals surface area contributed by atoms with Gasteiger partial charge in [-0.2, -0.15) is 0 Å². The first kappa shape index (κ1) is 19.6. The summed E-state index contributed by atoms with van der Waals surface area (Å²) in [5.41, 5.74) is 2.59. The SMILES string of the molecule is O=C(CN1CCCCC1Cc1ccccc1)Nc1cccc(C(=O)NC2CC2)c1. The number of nitrogens with zero attached hydrogens (tertiary/aromatic N) is 1. The van der Waals surface area contributed by atoms with Crippen LogP contribution >= 0.6 is 0 Å². The van der Waals surface area contributed by atoms with Gasteiger partial charge in [-0.15, -0.1) is 0 Å². The predicted octanol–water partition coefficient (Wildman–Crippen LogP) is 3.61. The second-order valence-corrected chi connectivity index (χ2v) is 8.19. The van der Waals surface area contributed by atoms with Crippen LogP contribution in [-0.2, 0) is 11.2 Å². The van der Waals surface area contributed by atoms with Gasteiger partial charge in [-0.05, 0) is 62.4 Å². The molecule has 1 aliphatic carbocycles. The Morgan fingerprint density at radius 1 is 0.966 bits per heavy atom. The quantitative estimate of drug-likeness (QED) is 0.758. The number of benzene rings is 2. The average molecular weight is 392 g/mol. The molecule has 2 aromatic rings. The molecule has 0 radical (unpaired) electrons. The average Bonchev–Trinajstić information content (AvgIpc) is 3.54. The maximum absolute atomic E-state index is 12.7. The molecule has 1 saturated heterocycles. The van der Waals surface area contributed by atoms with Gasteiger partial charge in [-0.1, -0.05) is 42.8 Å². The third-order valence-electron chi connectivity index (χ3n) is 5.73. The molecule has 1 unspecified atom stereocenters. The number of nitrogens with one attached hydrogen (secondary N) is 2. The molecule has 0 aromatic heterocycles. The van der Waals surface area contributed by atoms with Crippen molar-refractivity contribution in [3.05, 3.63) is 65.7 Å². The Morgan fingerprint density at radius 2 is 1.79 bits per heavy atom. The van der Waals surface area contributed by atoms with Crippen molar-refractivity contribution in [1.82, 2.24) is 10.2 Å². The first-order valence-corrected chi connectivity index (χ1v) is 10.7. The predicted molar refractivity (Wildman–Crippen MR) is 115 cm³/mol. The van der Waals surface area contributed by atoms with Gasteiger partial charge < -0.3 is 10.6 Å². The van der Waals surface area contributed by atoms with Crippen LogP contribution in [0.4, 0.5) is 5.69 Å². The summed E-state index contributed by atoms with van der Waals surface area (Å²) in [6.07, 6.45) is 6.57. The van der Waals surface area contributed by atoms with Crippen molar-refractivity contribution in [2.45, 2.75) is 50.6 Å². The molecule has 0 bridgehead atoms. The number of carbonyl (C=O) groups excluding carboxylic acids is 2. The summed E-state index contributed by atoms with van der Waals surface area (Å²) in [5.74, 6) is -0.0905. The molecule has 1 heterocycles. The minimum atomic E-state index is -0.0671. The lowest BCUT2D eigenvalue weighted by Crippen LogP contribution is -2.45. The molecule has 0 spiro atoms.